The molecule has 1 N–H and O–H groups in total. The van der Waals surface area contributed by atoms with Crippen molar-refractivity contribution in [2.24, 2.45) is 0 Å². The monoisotopic (exact) mass is 279 g/mol. The van der Waals surface area contributed by atoms with Crippen LogP contribution in [0.4, 0.5) is 13.2 Å². The Bertz CT molecular complexity index is 522. The summed E-state index contributed by atoms with van der Waals surface area (Å²) in [4.78, 5) is 0. The highest BCUT2D eigenvalue weighted by molar-refractivity contribution is 5.35. The number of alkyl halides is 3. The molecule has 0 saturated heterocycles. The number of rotatable bonds is 4. The lowest BCUT2D eigenvalue weighted by molar-refractivity contribution is -0.139. The quantitative estimate of drug-likeness (QED) is 0.861. The van der Waals surface area contributed by atoms with Gasteiger partial charge in [-0.05, 0) is 11.1 Å². The highest BCUT2D eigenvalue weighted by atomic mass is 19.4. The molecule has 0 aliphatic rings. The van der Waals surface area contributed by atoms with Crippen LogP contribution in [0.5, 0.6) is 0 Å². The summed E-state index contributed by atoms with van der Waals surface area (Å²) in [6.45, 7) is 0. The lowest BCUT2D eigenvalue weighted by Gasteiger charge is -2.24. The van der Waals surface area contributed by atoms with E-state index < -0.39 is 18.5 Å². The predicted octanol–water partition coefficient (Wildman–Crippen LogP) is 4.68. The lowest BCUT2D eigenvalue weighted by Crippen LogP contribution is -2.20. The van der Waals surface area contributed by atoms with Crippen LogP contribution in [0.15, 0.2) is 60.7 Å². The van der Waals surface area contributed by atoms with Gasteiger partial charge in [0.2, 0.25) is 0 Å². The average molecular weight is 279 g/mol. The summed E-state index contributed by atoms with van der Waals surface area (Å²) in [5.41, 5.74) is 0.858. The zero-order chi connectivity index (χ0) is 14.6. The maximum absolute atomic E-state index is 12.7. The highest BCUT2D eigenvalue weighted by Crippen LogP contribution is 2.38. The molecule has 1 unspecified atom stereocenters. The third-order valence-electron chi connectivity index (χ3n) is 3.04. The summed E-state index contributed by atoms with van der Waals surface area (Å²) < 4.78 is 38.2. The third kappa shape index (κ3) is 3.84. The molecule has 0 heterocycles. The molecule has 1 radical (unpaired) electrons. The van der Waals surface area contributed by atoms with E-state index in [9.17, 15) is 18.3 Å². The van der Waals surface area contributed by atoms with Crippen LogP contribution in [0.3, 0.4) is 0 Å². The number of hydrogen-bond acceptors (Lipinski definition) is 1. The van der Waals surface area contributed by atoms with E-state index in [1.54, 1.807) is 60.7 Å². The van der Waals surface area contributed by atoms with E-state index in [0.29, 0.717) is 11.1 Å². The molecule has 2 aromatic rings. The van der Waals surface area contributed by atoms with Gasteiger partial charge in [-0.25, -0.2) is 0 Å². The Morgan fingerprint density at radius 1 is 0.900 bits per heavy atom. The van der Waals surface area contributed by atoms with Gasteiger partial charge in [0.1, 0.15) is 6.10 Å². The van der Waals surface area contributed by atoms with Crippen LogP contribution in [-0.2, 0) is 0 Å². The molecule has 1 atom stereocenters. The van der Waals surface area contributed by atoms with Gasteiger partial charge in [-0.3, -0.25) is 0 Å². The second kappa shape index (κ2) is 6.09. The minimum atomic E-state index is -4.34. The van der Waals surface area contributed by atoms with Crippen molar-refractivity contribution in [3.05, 3.63) is 77.9 Å². The molecule has 0 spiro atoms. The van der Waals surface area contributed by atoms with Gasteiger partial charge in [-0.1, -0.05) is 60.7 Å². The number of hydrogen-bond donors (Lipinski definition) is 1. The summed E-state index contributed by atoms with van der Waals surface area (Å²) >= 11 is 0. The molecule has 0 aromatic heterocycles. The van der Waals surface area contributed by atoms with Crippen LogP contribution in [0.2, 0.25) is 0 Å². The first kappa shape index (κ1) is 14.6. The Balaban J connectivity index is 2.32. The van der Waals surface area contributed by atoms with Crippen LogP contribution >= 0.6 is 0 Å². The van der Waals surface area contributed by atoms with E-state index in [0.717, 1.165) is 0 Å². The minimum Gasteiger partial charge on any atom is -0.381 e. The summed E-state index contributed by atoms with van der Waals surface area (Å²) in [5.74, 6) is -1.08. The number of aliphatic hydroxyl groups is 1. The molecule has 20 heavy (non-hydrogen) atoms. The summed E-state index contributed by atoms with van der Waals surface area (Å²) in [7, 11) is 0. The number of halogens is 3. The Morgan fingerprint density at radius 3 is 1.90 bits per heavy atom. The van der Waals surface area contributed by atoms with Gasteiger partial charge >= 0.3 is 6.18 Å². The average Bonchev–Trinajstić information content (AvgIpc) is 2.45. The van der Waals surface area contributed by atoms with Crippen LogP contribution in [0, 0.1) is 6.10 Å². The maximum Gasteiger partial charge on any atom is 0.389 e. The Kier molecular flexibility index (Phi) is 4.45. The van der Waals surface area contributed by atoms with Crippen molar-refractivity contribution in [1.82, 2.24) is 0 Å². The largest absolute Gasteiger partial charge is 0.389 e. The molecular weight excluding hydrogens is 265 g/mol. The Hall–Kier alpha value is -1.81. The van der Waals surface area contributed by atoms with Crippen molar-refractivity contribution >= 4 is 0 Å². The van der Waals surface area contributed by atoms with Gasteiger partial charge < -0.3 is 5.11 Å². The van der Waals surface area contributed by atoms with Crippen LogP contribution in [-0.4, -0.2) is 11.3 Å². The van der Waals surface area contributed by atoms with E-state index in [1.807, 2.05) is 0 Å². The molecule has 0 aliphatic carbocycles. The summed E-state index contributed by atoms with van der Waals surface area (Å²) in [6, 6.07) is 16.6. The third-order valence-corrected chi connectivity index (χ3v) is 3.04. The first-order valence-electron chi connectivity index (χ1n) is 6.20. The molecule has 2 aromatic carbocycles. The zero-order valence-electron chi connectivity index (χ0n) is 10.6. The van der Waals surface area contributed by atoms with Gasteiger partial charge in [0.25, 0.3) is 0 Å². The molecule has 2 rings (SSSR count). The molecular formula is C16H14F3O. The molecule has 4 heteroatoms. The fourth-order valence-corrected chi connectivity index (χ4v) is 2.10. The fraction of sp³-hybridized carbons (Fsp3) is 0.188. The molecule has 0 amide bonds. The molecule has 0 fully saturated rings. The number of aliphatic hydroxyl groups excluding tert-OH is 1. The molecule has 0 saturated carbocycles. The molecule has 0 aliphatic heterocycles. The van der Waals surface area contributed by atoms with Crippen molar-refractivity contribution in [2.45, 2.75) is 18.5 Å². The van der Waals surface area contributed by atoms with Gasteiger partial charge in [-0.15, -0.1) is 0 Å². The summed E-state index contributed by atoms with van der Waals surface area (Å²) in [5, 5.41) is 10.2. The predicted molar refractivity (Wildman–Crippen MR) is 70.6 cm³/mol. The smallest absolute Gasteiger partial charge is 0.381 e. The van der Waals surface area contributed by atoms with Gasteiger partial charge in [0, 0.05) is 5.92 Å². The van der Waals surface area contributed by atoms with E-state index in [-0.39, 0.29) is 6.10 Å². The topological polar surface area (TPSA) is 20.2 Å². The Labute approximate surface area is 115 Å². The second-order valence-electron chi connectivity index (χ2n) is 4.53. The summed E-state index contributed by atoms with van der Waals surface area (Å²) in [6.07, 6.45) is -5.68. The second-order valence-corrected chi connectivity index (χ2v) is 4.53. The van der Waals surface area contributed by atoms with Crippen molar-refractivity contribution < 1.29 is 18.3 Å². The highest BCUT2D eigenvalue weighted by Gasteiger charge is 2.37. The van der Waals surface area contributed by atoms with E-state index in [1.165, 1.54) is 0 Å². The standard InChI is InChI=1S/C16H14F3O/c17-16(18,19)11-14(12-7-3-1-4-8-12)15(20)13-9-5-2-6-10-13/h1-10,14,20H,11H2. The van der Waals surface area contributed by atoms with Crippen LogP contribution in [0.25, 0.3) is 0 Å². The van der Waals surface area contributed by atoms with Crippen molar-refractivity contribution in [3.63, 3.8) is 0 Å². The van der Waals surface area contributed by atoms with Crippen molar-refractivity contribution in [3.8, 4) is 0 Å². The Morgan fingerprint density at radius 2 is 1.40 bits per heavy atom. The van der Waals surface area contributed by atoms with Crippen molar-refractivity contribution in [1.29, 1.82) is 0 Å². The van der Waals surface area contributed by atoms with Gasteiger partial charge in [0.15, 0.2) is 0 Å². The van der Waals surface area contributed by atoms with Gasteiger partial charge in [-0.2, -0.15) is 13.2 Å². The lowest BCUT2D eigenvalue weighted by atomic mass is 9.86. The maximum atomic E-state index is 12.7. The molecule has 1 nitrogen and oxygen atoms in total. The van der Waals surface area contributed by atoms with E-state index in [4.69, 9.17) is 0 Å². The normalized spacial score (nSPS) is 13.4. The molecule has 105 valence electrons. The SMILES string of the molecule is O[C](c1ccccc1)C(CC(F)(F)F)c1ccccc1. The first-order valence-corrected chi connectivity index (χ1v) is 6.20. The van der Waals surface area contributed by atoms with Crippen LogP contribution < -0.4 is 0 Å². The minimum absolute atomic E-state index is 0.255. The molecule has 0 bridgehead atoms. The number of benzene rings is 2. The van der Waals surface area contributed by atoms with E-state index in [2.05, 4.69) is 0 Å². The fourth-order valence-electron chi connectivity index (χ4n) is 2.10. The zero-order valence-corrected chi connectivity index (χ0v) is 10.6. The van der Waals surface area contributed by atoms with Gasteiger partial charge in [0.05, 0.1) is 6.42 Å². The van der Waals surface area contributed by atoms with Crippen molar-refractivity contribution in [2.75, 3.05) is 0 Å². The van der Waals surface area contributed by atoms with Crippen LogP contribution in [0.1, 0.15) is 23.5 Å². The van der Waals surface area contributed by atoms with E-state index >= 15 is 0 Å². The first-order chi connectivity index (χ1) is 9.47.